The Morgan fingerprint density at radius 1 is 1.04 bits per heavy atom. The Bertz CT molecular complexity index is 850. The van der Waals surface area contributed by atoms with Gasteiger partial charge in [0.2, 0.25) is 0 Å². The molecule has 0 aliphatic rings. The van der Waals surface area contributed by atoms with E-state index in [1.807, 2.05) is 54.9 Å². The van der Waals surface area contributed by atoms with Gasteiger partial charge in [0.15, 0.2) is 17.1 Å². The van der Waals surface area contributed by atoms with Crippen LogP contribution in [0.1, 0.15) is 24.4 Å². The lowest BCUT2D eigenvalue weighted by molar-refractivity contribution is 0.211. The van der Waals surface area contributed by atoms with E-state index in [0.717, 1.165) is 32.7 Å². The van der Waals surface area contributed by atoms with Crippen molar-refractivity contribution in [2.45, 2.75) is 23.9 Å². The van der Waals surface area contributed by atoms with Crippen LogP contribution in [-0.4, -0.2) is 21.9 Å². The minimum absolute atomic E-state index is 0.206. The van der Waals surface area contributed by atoms with Crippen LogP contribution in [0.25, 0.3) is 0 Å². The molecule has 1 heterocycles. The van der Waals surface area contributed by atoms with Crippen LogP contribution in [-0.2, 0) is 12.8 Å². The summed E-state index contributed by atoms with van der Waals surface area (Å²) < 4.78 is 14.2. The van der Waals surface area contributed by atoms with Crippen LogP contribution in [0, 0.1) is 0 Å². The van der Waals surface area contributed by atoms with Crippen LogP contribution < -0.4 is 9.47 Å². The average molecular weight is 434 g/mol. The highest BCUT2D eigenvalue weighted by Gasteiger charge is 2.17. The van der Waals surface area contributed by atoms with Crippen molar-refractivity contribution in [2.24, 2.45) is 7.05 Å². The smallest absolute Gasteiger partial charge is 0.191 e. The molecule has 136 valence electrons. The minimum Gasteiger partial charge on any atom is -0.497 e. The number of hydrogen-bond acceptors (Lipinski definition) is 5. The first-order chi connectivity index (χ1) is 12.6. The highest BCUT2D eigenvalue weighted by atomic mass is 79.9. The first kappa shape index (κ1) is 18.8. The Hall–Kier alpha value is -1.99. The fourth-order valence-electron chi connectivity index (χ4n) is 2.45. The molecule has 0 radical (unpaired) electrons. The summed E-state index contributed by atoms with van der Waals surface area (Å²) in [6.07, 6.45) is -0.206. The fraction of sp³-hybridized carbons (Fsp3) is 0.263. The standard InChI is InChI=1S/C19H20BrN3O2S/c1-13(25-17-10-8-16(24-3)9-11-17)18-21-22-19(23(18)2)26-12-14-4-6-15(20)7-5-14/h4-11,13H,12H2,1-3H3. The van der Waals surface area contributed by atoms with Crippen molar-refractivity contribution in [2.75, 3.05) is 7.11 Å². The second-order valence-corrected chi connectivity index (χ2v) is 7.61. The second kappa shape index (κ2) is 8.60. The summed E-state index contributed by atoms with van der Waals surface area (Å²) in [4.78, 5) is 0. The SMILES string of the molecule is COc1ccc(OC(C)c2nnc(SCc3ccc(Br)cc3)n2C)cc1. The average Bonchev–Trinajstić information content (AvgIpc) is 3.02. The first-order valence-electron chi connectivity index (χ1n) is 8.14. The van der Waals surface area contributed by atoms with Crippen LogP contribution in [0.2, 0.25) is 0 Å². The zero-order chi connectivity index (χ0) is 18.5. The molecule has 5 nitrogen and oxygen atoms in total. The van der Waals surface area contributed by atoms with E-state index in [1.165, 1.54) is 5.56 Å². The van der Waals surface area contributed by atoms with Gasteiger partial charge in [-0.05, 0) is 48.9 Å². The Morgan fingerprint density at radius 3 is 2.35 bits per heavy atom. The van der Waals surface area contributed by atoms with Gasteiger partial charge in [0.05, 0.1) is 7.11 Å². The molecular formula is C19H20BrN3O2S. The van der Waals surface area contributed by atoms with E-state index >= 15 is 0 Å². The van der Waals surface area contributed by atoms with Crippen molar-refractivity contribution in [1.29, 1.82) is 0 Å². The number of methoxy groups -OCH3 is 1. The summed E-state index contributed by atoms with van der Waals surface area (Å²) in [7, 11) is 3.61. The molecule has 0 aliphatic carbocycles. The maximum absolute atomic E-state index is 5.98. The molecule has 7 heteroatoms. The number of benzene rings is 2. The quantitative estimate of drug-likeness (QED) is 0.489. The Morgan fingerprint density at radius 2 is 1.69 bits per heavy atom. The van der Waals surface area contributed by atoms with E-state index in [2.05, 4.69) is 38.3 Å². The first-order valence-corrected chi connectivity index (χ1v) is 9.92. The predicted molar refractivity (Wildman–Crippen MR) is 107 cm³/mol. The number of thioether (sulfide) groups is 1. The lowest BCUT2D eigenvalue weighted by atomic mass is 10.2. The summed E-state index contributed by atoms with van der Waals surface area (Å²) in [6, 6.07) is 15.8. The third-order valence-corrected chi connectivity index (χ3v) is 5.51. The normalized spacial score (nSPS) is 12.0. The number of rotatable bonds is 7. The largest absolute Gasteiger partial charge is 0.497 e. The lowest BCUT2D eigenvalue weighted by Gasteiger charge is -2.14. The van der Waals surface area contributed by atoms with E-state index in [9.17, 15) is 0 Å². The molecule has 0 bridgehead atoms. The van der Waals surface area contributed by atoms with Gasteiger partial charge in [-0.1, -0.05) is 39.8 Å². The highest BCUT2D eigenvalue weighted by molar-refractivity contribution is 9.10. The number of halogens is 1. The van der Waals surface area contributed by atoms with E-state index in [0.29, 0.717) is 0 Å². The molecule has 1 unspecified atom stereocenters. The molecule has 3 aromatic rings. The molecule has 0 amide bonds. The van der Waals surface area contributed by atoms with E-state index in [-0.39, 0.29) is 6.10 Å². The van der Waals surface area contributed by atoms with Gasteiger partial charge in [-0.15, -0.1) is 10.2 Å². The van der Waals surface area contributed by atoms with Crippen LogP contribution in [0.5, 0.6) is 11.5 Å². The minimum atomic E-state index is -0.206. The number of ether oxygens (including phenoxy) is 2. The van der Waals surface area contributed by atoms with Crippen molar-refractivity contribution in [3.63, 3.8) is 0 Å². The molecule has 0 saturated heterocycles. The van der Waals surface area contributed by atoms with Crippen molar-refractivity contribution in [1.82, 2.24) is 14.8 Å². The third kappa shape index (κ3) is 4.59. The molecule has 26 heavy (non-hydrogen) atoms. The summed E-state index contributed by atoms with van der Waals surface area (Å²) >= 11 is 5.11. The van der Waals surface area contributed by atoms with Gasteiger partial charge in [0, 0.05) is 17.3 Å². The summed E-state index contributed by atoms with van der Waals surface area (Å²) in [5, 5.41) is 9.48. The third-order valence-electron chi connectivity index (χ3n) is 3.89. The van der Waals surface area contributed by atoms with Gasteiger partial charge in [-0.2, -0.15) is 0 Å². The van der Waals surface area contributed by atoms with Crippen LogP contribution in [0.4, 0.5) is 0 Å². The topological polar surface area (TPSA) is 49.2 Å². The Kier molecular flexibility index (Phi) is 6.21. The Labute approximate surface area is 165 Å². The van der Waals surface area contributed by atoms with Gasteiger partial charge in [0.1, 0.15) is 11.5 Å². The molecule has 1 aromatic heterocycles. The molecule has 2 aromatic carbocycles. The Balaban J connectivity index is 1.64. The van der Waals surface area contributed by atoms with Gasteiger partial charge in [0.25, 0.3) is 0 Å². The summed E-state index contributed by atoms with van der Waals surface area (Å²) in [5.74, 6) is 3.20. The maximum atomic E-state index is 5.98. The summed E-state index contributed by atoms with van der Waals surface area (Å²) in [5.41, 5.74) is 1.24. The number of hydrogen-bond donors (Lipinski definition) is 0. The van der Waals surface area contributed by atoms with Crippen molar-refractivity contribution in [3.05, 3.63) is 64.4 Å². The molecular weight excluding hydrogens is 414 g/mol. The van der Waals surface area contributed by atoms with Crippen LogP contribution >= 0.6 is 27.7 Å². The van der Waals surface area contributed by atoms with E-state index < -0.39 is 0 Å². The predicted octanol–water partition coefficient (Wildman–Crippen LogP) is 5.02. The van der Waals surface area contributed by atoms with Crippen molar-refractivity contribution < 1.29 is 9.47 Å². The molecule has 0 spiro atoms. The highest BCUT2D eigenvalue weighted by Crippen LogP contribution is 2.26. The van der Waals surface area contributed by atoms with Gasteiger partial charge in [-0.3, -0.25) is 0 Å². The van der Waals surface area contributed by atoms with Crippen molar-refractivity contribution in [3.8, 4) is 11.5 Å². The lowest BCUT2D eigenvalue weighted by Crippen LogP contribution is -2.10. The van der Waals surface area contributed by atoms with Gasteiger partial charge < -0.3 is 14.0 Å². The van der Waals surface area contributed by atoms with E-state index in [1.54, 1.807) is 18.9 Å². The molecule has 0 fully saturated rings. The maximum Gasteiger partial charge on any atom is 0.191 e. The molecule has 0 N–H and O–H groups in total. The number of nitrogens with zero attached hydrogens (tertiary/aromatic N) is 3. The van der Waals surface area contributed by atoms with E-state index in [4.69, 9.17) is 9.47 Å². The molecule has 0 aliphatic heterocycles. The van der Waals surface area contributed by atoms with Gasteiger partial charge >= 0.3 is 0 Å². The molecule has 3 rings (SSSR count). The van der Waals surface area contributed by atoms with Gasteiger partial charge in [-0.25, -0.2) is 0 Å². The van der Waals surface area contributed by atoms with Crippen LogP contribution in [0.3, 0.4) is 0 Å². The monoisotopic (exact) mass is 433 g/mol. The zero-order valence-electron chi connectivity index (χ0n) is 14.8. The summed E-state index contributed by atoms with van der Waals surface area (Å²) in [6.45, 7) is 1.97. The molecule has 0 saturated carbocycles. The zero-order valence-corrected chi connectivity index (χ0v) is 17.3. The molecule has 1 atom stereocenters. The second-order valence-electron chi connectivity index (χ2n) is 5.75. The van der Waals surface area contributed by atoms with Crippen LogP contribution in [0.15, 0.2) is 58.2 Å². The number of aromatic nitrogens is 3. The van der Waals surface area contributed by atoms with Crippen molar-refractivity contribution >= 4 is 27.7 Å². The fourth-order valence-corrected chi connectivity index (χ4v) is 3.58.